The predicted molar refractivity (Wildman–Crippen MR) is 122 cm³/mol. The maximum Gasteiger partial charge on any atom is 0.270 e. The van der Waals surface area contributed by atoms with E-state index in [0.717, 1.165) is 12.1 Å². The van der Waals surface area contributed by atoms with Gasteiger partial charge in [-0.1, -0.05) is 30.7 Å². The minimum atomic E-state index is -0.513. The van der Waals surface area contributed by atoms with Crippen molar-refractivity contribution >= 4 is 51.9 Å². The molecule has 0 saturated carbocycles. The van der Waals surface area contributed by atoms with Crippen LogP contribution in [0.3, 0.4) is 0 Å². The zero-order valence-electron chi connectivity index (χ0n) is 16.3. The number of nitrogens with one attached hydrogen (secondary N) is 1. The van der Waals surface area contributed by atoms with E-state index in [9.17, 15) is 14.9 Å². The molecule has 1 amide bonds. The Morgan fingerprint density at radius 2 is 1.97 bits per heavy atom. The van der Waals surface area contributed by atoms with Gasteiger partial charge in [0.2, 0.25) is 0 Å². The van der Waals surface area contributed by atoms with Crippen molar-refractivity contribution in [3.05, 3.63) is 86.0 Å². The number of aliphatic imine (C=N–C) groups is 1. The number of carbonyl (C=O) groups excluding carboxylic acids is 1. The minimum Gasteiger partial charge on any atom is -0.457 e. The van der Waals surface area contributed by atoms with Crippen molar-refractivity contribution in [2.24, 2.45) is 4.99 Å². The number of nitrogens with zero attached hydrogens (tertiary/aromatic N) is 2. The summed E-state index contributed by atoms with van der Waals surface area (Å²) in [5.74, 6) is 0.635. The van der Waals surface area contributed by atoms with Crippen LogP contribution in [0.15, 0.2) is 68.9 Å². The summed E-state index contributed by atoms with van der Waals surface area (Å²) in [5, 5.41) is 14.3. The van der Waals surface area contributed by atoms with E-state index in [1.165, 1.54) is 35.5 Å². The molecule has 1 aliphatic rings. The molecule has 1 N–H and O–H groups in total. The van der Waals surface area contributed by atoms with Crippen LogP contribution in [-0.4, -0.2) is 16.0 Å². The molecule has 1 fully saturated rings. The molecule has 7 nitrogen and oxygen atoms in total. The first kappa shape index (κ1) is 20.9. The number of carbonyl (C=O) groups is 1. The highest BCUT2D eigenvalue weighted by Gasteiger charge is 2.24. The van der Waals surface area contributed by atoms with Crippen molar-refractivity contribution in [2.45, 2.75) is 13.3 Å². The molecule has 4 rings (SSSR count). The van der Waals surface area contributed by atoms with E-state index in [2.05, 4.69) is 17.2 Å². The van der Waals surface area contributed by atoms with Gasteiger partial charge in [0.25, 0.3) is 11.6 Å². The van der Waals surface area contributed by atoms with Crippen LogP contribution in [0.5, 0.6) is 0 Å². The van der Waals surface area contributed by atoms with Crippen molar-refractivity contribution in [1.82, 2.24) is 5.32 Å². The molecule has 2 heterocycles. The van der Waals surface area contributed by atoms with Crippen molar-refractivity contribution < 1.29 is 14.1 Å². The van der Waals surface area contributed by atoms with Gasteiger partial charge < -0.3 is 9.73 Å². The van der Waals surface area contributed by atoms with E-state index in [4.69, 9.17) is 16.0 Å². The first-order chi connectivity index (χ1) is 14.9. The summed E-state index contributed by atoms with van der Waals surface area (Å²) in [6.45, 7) is 2.08. The molecule has 0 aliphatic carbocycles. The van der Waals surface area contributed by atoms with Crippen LogP contribution >= 0.6 is 23.4 Å². The average Bonchev–Trinajstić information content (AvgIpc) is 3.35. The quantitative estimate of drug-likeness (QED) is 0.292. The smallest absolute Gasteiger partial charge is 0.270 e. The molecule has 0 radical (unpaired) electrons. The number of halogens is 1. The second-order valence-corrected chi connectivity index (χ2v) is 8.06. The number of amides is 1. The number of hydrogen-bond acceptors (Lipinski definition) is 6. The van der Waals surface area contributed by atoms with Gasteiger partial charge in [-0.2, -0.15) is 0 Å². The summed E-state index contributed by atoms with van der Waals surface area (Å²) < 4.78 is 5.78. The summed E-state index contributed by atoms with van der Waals surface area (Å²) >= 11 is 7.38. The van der Waals surface area contributed by atoms with Crippen LogP contribution in [-0.2, 0) is 11.2 Å². The monoisotopic (exact) mass is 453 g/mol. The Kier molecular flexibility index (Phi) is 5.92. The Morgan fingerprint density at radius 1 is 1.19 bits per heavy atom. The molecular formula is C22H16ClN3O4S. The number of non-ortho nitro benzene ring substituents is 1. The number of benzene rings is 2. The van der Waals surface area contributed by atoms with Crippen LogP contribution in [0, 0.1) is 10.1 Å². The lowest BCUT2D eigenvalue weighted by molar-refractivity contribution is -0.384. The Hall–Kier alpha value is -3.36. The van der Waals surface area contributed by atoms with Crippen molar-refractivity contribution in [2.75, 3.05) is 0 Å². The van der Waals surface area contributed by atoms with E-state index in [0.29, 0.717) is 27.2 Å². The van der Waals surface area contributed by atoms with E-state index in [-0.39, 0.29) is 16.6 Å². The van der Waals surface area contributed by atoms with E-state index < -0.39 is 4.92 Å². The summed E-state index contributed by atoms with van der Waals surface area (Å²) in [7, 11) is 0. The fraction of sp³-hybridized carbons (Fsp3) is 0.0909. The molecule has 1 aliphatic heterocycles. The van der Waals surface area contributed by atoms with Gasteiger partial charge in [-0.15, -0.1) is 0 Å². The van der Waals surface area contributed by atoms with Gasteiger partial charge in [-0.25, -0.2) is 4.99 Å². The van der Waals surface area contributed by atoms with Gasteiger partial charge in [0.05, 0.1) is 20.5 Å². The van der Waals surface area contributed by atoms with Crippen LogP contribution in [0.4, 0.5) is 11.4 Å². The number of amidine groups is 1. The van der Waals surface area contributed by atoms with Gasteiger partial charge >= 0.3 is 0 Å². The number of hydrogen-bond donors (Lipinski definition) is 1. The lowest BCUT2D eigenvalue weighted by Gasteiger charge is -2.00. The lowest BCUT2D eigenvalue weighted by Crippen LogP contribution is -2.19. The topological polar surface area (TPSA) is 97.7 Å². The highest BCUT2D eigenvalue weighted by atomic mass is 35.5. The third-order valence-electron chi connectivity index (χ3n) is 4.56. The van der Waals surface area contributed by atoms with Crippen LogP contribution in [0.1, 0.15) is 18.2 Å². The van der Waals surface area contributed by atoms with E-state index >= 15 is 0 Å². The number of aryl methyl sites for hydroxylation is 1. The average molecular weight is 454 g/mol. The van der Waals surface area contributed by atoms with Gasteiger partial charge in [0.1, 0.15) is 11.5 Å². The number of nitro groups is 1. The largest absolute Gasteiger partial charge is 0.457 e. The molecule has 9 heteroatoms. The number of thioether (sulfide) groups is 1. The molecule has 31 heavy (non-hydrogen) atoms. The first-order valence-electron chi connectivity index (χ1n) is 9.35. The molecule has 0 unspecified atom stereocenters. The Morgan fingerprint density at radius 3 is 2.65 bits per heavy atom. The zero-order chi connectivity index (χ0) is 22.0. The number of nitro benzene ring substituents is 1. The fourth-order valence-corrected chi connectivity index (χ4v) is 4.02. The second kappa shape index (κ2) is 8.79. The van der Waals surface area contributed by atoms with Crippen molar-refractivity contribution in [1.29, 1.82) is 0 Å². The third-order valence-corrected chi connectivity index (χ3v) is 5.78. The molecular weight excluding hydrogens is 438 g/mol. The Labute approximate surface area is 187 Å². The summed E-state index contributed by atoms with van der Waals surface area (Å²) in [4.78, 5) is 27.6. The first-order valence-corrected chi connectivity index (χ1v) is 10.5. The Bertz CT molecular complexity index is 1230. The molecule has 1 saturated heterocycles. The van der Waals surface area contributed by atoms with E-state index in [1.807, 2.05) is 24.3 Å². The highest BCUT2D eigenvalue weighted by molar-refractivity contribution is 8.18. The van der Waals surface area contributed by atoms with Gasteiger partial charge in [0.15, 0.2) is 5.17 Å². The van der Waals surface area contributed by atoms with Crippen LogP contribution < -0.4 is 5.32 Å². The molecule has 1 aromatic heterocycles. The van der Waals surface area contributed by atoms with Crippen LogP contribution in [0.2, 0.25) is 5.02 Å². The maximum atomic E-state index is 12.3. The highest BCUT2D eigenvalue weighted by Crippen LogP contribution is 2.34. The van der Waals surface area contributed by atoms with Crippen LogP contribution in [0.25, 0.3) is 17.4 Å². The van der Waals surface area contributed by atoms with Gasteiger partial charge in [0, 0.05) is 23.8 Å². The zero-order valence-corrected chi connectivity index (χ0v) is 17.9. The summed E-state index contributed by atoms with van der Waals surface area (Å²) in [6, 6.07) is 15.4. The summed E-state index contributed by atoms with van der Waals surface area (Å²) in [5.41, 5.74) is 2.40. The van der Waals surface area contributed by atoms with Gasteiger partial charge in [-0.3, -0.25) is 14.9 Å². The lowest BCUT2D eigenvalue weighted by atomic mass is 10.1. The molecule has 156 valence electrons. The number of rotatable bonds is 5. The molecule has 0 bridgehead atoms. The van der Waals surface area contributed by atoms with Crippen molar-refractivity contribution in [3.63, 3.8) is 0 Å². The molecule has 0 atom stereocenters. The second-order valence-electron chi connectivity index (χ2n) is 6.63. The third kappa shape index (κ3) is 4.70. The minimum absolute atomic E-state index is 0.0992. The standard InChI is InChI=1S/C22H16ClN3O4S/c1-2-13-3-5-14(6-4-13)24-22-25-21(27)20(31-22)12-16-8-10-19(30-16)17-9-7-15(26(28)29)11-18(17)23/h3-12H,2H2,1H3,(H,24,25,27)/b20-12-. The Balaban J connectivity index is 1.53. The predicted octanol–water partition coefficient (Wildman–Crippen LogP) is 5.96. The van der Waals surface area contributed by atoms with Crippen molar-refractivity contribution in [3.8, 4) is 11.3 Å². The molecule has 3 aromatic rings. The summed E-state index contributed by atoms with van der Waals surface area (Å²) in [6.07, 6.45) is 2.57. The number of furan rings is 1. The molecule has 0 spiro atoms. The van der Waals surface area contributed by atoms with Gasteiger partial charge in [-0.05, 0) is 54.1 Å². The normalized spacial score (nSPS) is 16.1. The van der Waals surface area contributed by atoms with E-state index in [1.54, 1.807) is 18.2 Å². The molecule has 2 aromatic carbocycles. The SMILES string of the molecule is CCc1ccc(N=C2NC(=O)/C(=C/c3ccc(-c4ccc([N+](=O)[O-])cc4Cl)o3)S2)cc1. The maximum absolute atomic E-state index is 12.3. The fourth-order valence-electron chi connectivity index (χ4n) is 2.93.